The molecule has 84 valence electrons. The molecule has 0 saturated heterocycles. The molecular formula is C11H12BrN3S. The molecular weight excluding hydrogens is 286 g/mol. The first kappa shape index (κ1) is 11.5. The summed E-state index contributed by atoms with van der Waals surface area (Å²) >= 11 is 5.17. The molecule has 5 heteroatoms. The van der Waals surface area contributed by atoms with Crippen LogP contribution in [0.4, 0.5) is 5.82 Å². The number of aryl methyl sites for hydroxylation is 1. The van der Waals surface area contributed by atoms with E-state index in [0.29, 0.717) is 0 Å². The molecule has 2 aromatic heterocycles. The number of pyridine rings is 1. The summed E-state index contributed by atoms with van der Waals surface area (Å²) in [6.45, 7) is 2.87. The molecule has 3 nitrogen and oxygen atoms in total. The predicted molar refractivity (Wildman–Crippen MR) is 71.0 cm³/mol. The Bertz CT molecular complexity index is 456. The second-order valence-electron chi connectivity index (χ2n) is 3.45. The topological polar surface area (TPSA) is 37.8 Å². The van der Waals surface area contributed by atoms with E-state index in [9.17, 15) is 0 Å². The summed E-state index contributed by atoms with van der Waals surface area (Å²) in [6, 6.07) is 2.05. The molecule has 0 amide bonds. The zero-order chi connectivity index (χ0) is 11.4. The lowest BCUT2D eigenvalue weighted by atomic mass is 10.3. The predicted octanol–water partition coefficient (Wildman–Crippen LogP) is 3.26. The largest absolute Gasteiger partial charge is 0.369 e. The average molecular weight is 298 g/mol. The van der Waals surface area contributed by atoms with Gasteiger partial charge in [0.15, 0.2) is 0 Å². The molecule has 0 aliphatic heterocycles. The van der Waals surface area contributed by atoms with Crippen LogP contribution in [0.1, 0.15) is 10.6 Å². The maximum atomic E-state index is 4.32. The smallest absolute Gasteiger partial charge is 0.140 e. The average Bonchev–Trinajstić information content (AvgIpc) is 2.74. The molecule has 0 radical (unpaired) electrons. The summed E-state index contributed by atoms with van der Waals surface area (Å²) in [5.41, 5.74) is 1.15. The molecule has 0 fully saturated rings. The summed E-state index contributed by atoms with van der Waals surface area (Å²) in [7, 11) is 0. The Morgan fingerprint density at radius 2 is 2.31 bits per heavy atom. The van der Waals surface area contributed by atoms with E-state index in [2.05, 4.69) is 37.3 Å². The maximum Gasteiger partial charge on any atom is 0.140 e. The van der Waals surface area contributed by atoms with Crippen molar-refractivity contribution in [3.8, 4) is 0 Å². The lowest BCUT2D eigenvalue weighted by Gasteiger charge is -2.06. The molecule has 0 saturated carbocycles. The number of rotatable bonds is 4. The van der Waals surface area contributed by atoms with Gasteiger partial charge in [-0.2, -0.15) is 0 Å². The number of nitrogens with zero attached hydrogens (tertiary/aromatic N) is 2. The third kappa shape index (κ3) is 3.02. The van der Waals surface area contributed by atoms with Crippen LogP contribution in [-0.2, 0) is 6.42 Å². The highest BCUT2D eigenvalue weighted by Gasteiger charge is 2.01. The van der Waals surface area contributed by atoms with Gasteiger partial charge in [-0.05, 0) is 34.5 Å². The molecule has 16 heavy (non-hydrogen) atoms. The van der Waals surface area contributed by atoms with Gasteiger partial charge in [0.2, 0.25) is 0 Å². The van der Waals surface area contributed by atoms with Crippen LogP contribution in [-0.4, -0.2) is 16.5 Å². The van der Waals surface area contributed by atoms with Crippen LogP contribution < -0.4 is 5.32 Å². The van der Waals surface area contributed by atoms with E-state index in [4.69, 9.17) is 0 Å². The summed E-state index contributed by atoms with van der Waals surface area (Å²) in [6.07, 6.45) is 4.62. The van der Waals surface area contributed by atoms with Gasteiger partial charge in [-0.15, -0.1) is 11.3 Å². The summed E-state index contributed by atoms with van der Waals surface area (Å²) in [5.74, 6) is 0.891. The van der Waals surface area contributed by atoms with Gasteiger partial charge < -0.3 is 5.32 Å². The van der Waals surface area contributed by atoms with Gasteiger partial charge in [0.05, 0.1) is 9.48 Å². The van der Waals surface area contributed by atoms with Gasteiger partial charge >= 0.3 is 0 Å². The summed E-state index contributed by atoms with van der Waals surface area (Å²) < 4.78 is 1.01. The highest BCUT2D eigenvalue weighted by Crippen LogP contribution is 2.20. The fourth-order valence-electron chi connectivity index (χ4n) is 1.33. The first-order valence-electron chi connectivity index (χ1n) is 5.00. The fourth-order valence-corrected chi connectivity index (χ4v) is 2.55. The van der Waals surface area contributed by atoms with E-state index >= 15 is 0 Å². The molecule has 0 bridgehead atoms. The van der Waals surface area contributed by atoms with Crippen LogP contribution in [0, 0.1) is 6.92 Å². The van der Waals surface area contributed by atoms with Crippen molar-refractivity contribution < 1.29 is 0 Å². The van der Waals surface area contributed by atoms with Gasteiger partial charge in [-0.1, -0.05) is 0 Å². The number of hydrogen-bond acceptors (Lipinski definition) is 4. The van der Waals surface area contributed by atoms with E-state index in [1.807, 2.05) is 24.7 Å². The van der Waals surface area contributed by atoms with Crippen LogP contribution in [0.2, 0.25) is 0 Å². The Kier molecular flexibility index (Phi) is 3.90. The minimum absolute atomic E-state index is 0.849. The van der Waals surface area contributed by atoms with Crippen molar-refractivity contribution in [3.63, 3.8) is 0 Å². The molecule has 2 heterocycles. The zero-order valence-corrected chi connectivity index (χ0v) is 11.3. The van der Waals surface area contributed by atoms with Gasteiger partial charge in [-0.25, -0.2) is 9.97 Å². The normalized spacial score (nSPS) is 10.4. The van der Waals surface area contributed by atoms with E-state index in [-0.39, 0.29) is 0 Å². The molecule has 2 aromatic rings. The van der Waals surface area contributed by atoms with Gasteiger partial charge in [0.25, 0.3) is 0 Å². The lowest BCUT2D eigenvalue weighted by Crippen LogP contribution is -2.06. The molecule has 0 aliphatic rings. The molecule has 2 rings (SSSR count). The van der Waals surface area contributed by atoms with Crippen molar-refractivity contribution in [3.05, 3.63) is 38.9 Å². The number of hydrogen-bond donors (Lipinski definition) is 1. The first-order chi connectivity index (χ1) is 7.75. The minimum Gasteiger partial charge on any atom is -0.369 e. The van der Waals surface area contributed by atoms with Crippen molar-refractivity contribution in [1.29, 1.82) is 0 Å². The van der Waals surface area contributed by atoms with Gasteiger partial charge in [-0.3, -0.25) is 0 Å². The number of thiazole rings is 1. The van der Waals surface area contributed by atoms with Crippen LogP contribution in [0.25, 0.3) is 0 Å². The number of anilines is 1. The Morgan fingerprint density at radius 3 is 3.00 bits per heavy atom. The molecule has 0 atom stereocenters. The van der Waals surface area contributed by atoms with Crippen LogP contribution in [0.5, 0.6) is 0 Å². The van der Waals surface area contributed by atoms with Crippen LogP contribution in [0.3, 0.4) is 0 Å². The number of halogens is 1. The Balaban J connectivity index is 1.90. The van der Waals surface area contributed by atoms with E-state index < -0.39 is 0 Å². The quantitative estimate of drug-likeness (QED) is 0.941. The fraction of sp³-hybridized carbons (Fsp3) is 0.273. The third-order valence-corrected chi connectivity index (χ3v) is 3.54. The number of aromatic nitrogens is 2. The number of nitrogens with one attached hydrogen (secondary N) is 1. The van der Waals surface area contributed by atoms with Crippen molar-refractivity contribution in [1.82, 2.24) is 9.97 Å². The van der Waals surface area contributed by atoms with E-state index in [0.717, 1.165) is 33.8 Å². The summed E-state index contributed by atoms with van der Waals surface area (Å²) in [4.78, 5) is 8.55. The minimum atomic E-state index is 0.849. The van der Waals surface area contributed by atoms with Crippen molar-refractivity contribution >= 4 is 33.1 Å². The maximum absolute atomic E-state index is 4.32. The second-order valence-corrected chi connectivity index (χ2v) is 5.28. The van der Waals surface area contributed by atoms with Crippen molar-refractivity contribution in [2.24, 2.45) is 0 Å². The zero-order valence-electron chi connectivity index (χ0n) is 8.90. The van der Waals surface area contributed by atoms with Crippen molar-refractivity contribution in [2.45, 2.75) is 13.3 Å². The van der Waals surface area contributed by atoms with Crippen LogP contribution >= 0.6 is 27.3 Å². The van der Waals surface area contributed by atoms with Crippen LogP contribution in [0.15, 0.2) is 28.3 Å². The molecule has 1 N–H and O–H groups in total. The third-order valence-electron chi connectivity index (χ3n) is 2.09. The van der Waals surface area contributed by atoms with E-state index in [1.54, 1.807) is 11.3 Å². The lowest BCUT2D eigenvalue weighted by molar-refractivity contribution is 0.984. The SMILES string of the molecule is Cc1cnc(NCCc2nccs2)c(Br)c1. The summed E-state index contributed by atoms with van der Waals surface area (Å²) in [5, 5.41) is 6.43. The van der Waals surface area contributed by atoms with Crippen molar-refractivity contribution in [2.75, 3.05) is 11.9 Å². The first-order valence-corrected chi connectivity index (χ1v) is 6.67. The Morgan fingerprint density at radius 1 is 1.44 bits per heavy atom. The van der Waals surface area contributed by atoms with Gasteiger partial charge in [0, 0.05) is 30.7 Å². The monoisotopic (exact) mass is 297 g/mol. The highest BCUT2D eigenvalue weighted by molar-refractivity contribution is 9.10. The standard InChI is InChI=1S/C11H12BrN3S/c1-8-6-9(12)11(15-7-8)14-3-2-10-13-4-5-16-10/h4-7H,2-3H2,1H3,(H,14,15). The molecule has 0 spiro atoms. The Hall–Kier alpha value is -0.940. The molecule has 0 unspecified atom stereocenters. The Labute approximate surface area is 107 Å². The second kappa shape index (κ2) is 5.41. The van der Waals surface area contributed by atoms with Gasteiger partial charge in [0.1, 0.15) is 5.82 Å². The molecule has 0 aliphatic carbocycles. The highest BCUT2D eigenvalue weighted by atomic mass is 79.9. The van der Waals surface area contributed by atoms with E-state index in [1.165, 1.54) is 0 Å². The molecule has 0 aromatic carbocycles.